The van der Waals surface area contributed by atoms with E-state index in [-0.39, 0.29) is 30.0 Å². The van der Waals surface area contributed by atoms with Crippen LogP contribution in [0.25, 0.3) is 0 Å². The van der Waals surface area contributed by atoms with Gasteiger partial charge in [0, 0.05) is 20.1 Å². The normalized spacial score (nSPS) is 20.7. The summed E-state index contributed by atoms with van der Waals surface area (Å²) >= 11 is 0. The molecule has 2 aliphatic rings. The van der Waals surface area contributed by atoms with Crippen LogP contribution in [0, 0.1) is 5.92 Å². The van der Waals surface area contributed by atoms with Crippen LogP contribution in [0.4, 0.5) is 0 Å². The number of nitrogens with one attached hydrogen (secondary N) is 2. The fourth-order valence-electron chi connectivity index (χ4n) is 4.15. The Balaban J connectivity index is 0.00000280. The first-order valence-corrected chi connectivity index (χ1v) is 10.7. The van der Waals surface area contributed by atoms with E-state index in [2.05, 4.69) is 38.4 Å². The molecule has 3 rings (SSSR count). The third-order valence-electron chi connectivity index (χ3n) is 5.96. The molecule has 2 aliphatic heterocycles. The van der Waals surface area contributed by atoms with Gasteiger partial charge in [0.05, 0.1) is 12.3 Å². The lowest BCUT2D eigenvalue weighted by molar-refractivity contribution is 0.191. The molecule has 0 radical (unpaired) electrons. The van der Waals surface area contributed by atoms with Crippen molar-refractivity contribution in [3.8, 4) is 0 Å². The average Bonchev–Trinajstić information content (AvgIpc) is 3.39. The quantitative estimate of drug-likeness (QED) is 0.247. The van der Waals surface area contributed by atoms with Crippen molar-refractivity contribution in [1.29, 1.82) is 0 Å². The second kappa shape index (κ2) is 12.7. The van der Waals surface area contributed by atoms with Crippen molar-refractivity contribution in [2.75, 3.05) is 52.9 Å². The van der Waals surface area contributed by atoms with E-state index in [4.69, 9.17) is 4.42 Å². The summed E-state index contributed by atoms with van der Waals surface area (Å²) in [5.41, 5.74) is 0. The molecule has 2 saturated heterocycles. The predicted octanol–water partition coefficient (Wildman–Crippen LogP) is 3.32. The number of furan rings is 1. The molecule has 1 unspecified atom stereocenters. The highest BCUT2D eigenvalue weighted by Crippen LogP contribution is 2.24. The van der Waals surface area contributed by atoms with Crippen LogP contribution in [-0.4, -0.2) is 68.6 Å². The molecule has 1 atom stereocenters. The third-order valence-corrected chi connectivity index (χ3v) is 5.96. The van der Waals surface area contributed by atoms with Gasteiger partial charge in [-0.3, -0.25) is 9.89 Å². The average molecular weight is 503 g/mol. The first-order chi connectivity index (χ1) is 13.3. The van der Waals surface area contributed by atoms with Crippen LogP contribution in [0.5, 0.6) is 0 Å². The minimum absolute atomic E-state index is 0. The fraction of sp³-hybridized carbons (Fsp3) is 0.762. The van der Waals surface area contributed by atoms with E-state index < -0.39 is 0 Å². The van der Waals surface area contributed by atoms with E-state index in [9.17, 15) is 0 Å². The second-order valence-corrected chi connectivity index (χ2v) is 8.03. The topological polar surface area (TPSA) is 56.0 Å². The fourth-order valence-corrected chi connectivity index (χ4v) is 4.15. The predicted molar refractivity (Wildman–Crippen MR) is 126 cm³/mol. The second-order valence-electron chi connectivity index (χ2n) is 8.03. The van der Waals surface area contributed by atoms with Crippen molar-refractivity contribution in [3.05, 3.63) is 24.2 Å². The summed E-state index contributed by atoms with van der Waals surface area (Å²) in [5.74, 6) is 2.83. The molecule has 0 saturated carbocycles. The number of rotatable bonds is 8. The molecule has 2 fully saturated rings. The number of nitrogens with zero attached hydrogens (tertiary/aromatic N) is 3. The van der Waals surface area contributed by atoms with E-state index in [1.165, 1.54) is 45.3 Å². The van der Waals surface area contributed by atoms with Gasteiger partial charge in [-0.2, -0.15) is 0 Å². The Bertz CT molecular complexity index is 551. The van der Waals surface area contributed by atoms with Crippen LogP contribution >= 0.6 is 24.0 Å². The van der Waals surface area contributed by atoms with E-state index in [0.717, 1.165) is 50.2 Å². The molecule has 0 bridgehead atoms. The molecule has 0 aliphatic carbocycles. The van der Waals surface area contributed by atoms with Crippen molar-refractivity contribution < 1.29 is 4.42 Å². The van der Waals surface area contributed by atoms with Gasteiger partial charge >= 0.3 is 0 Å². The number of guanidine groups is 1. The lowest BCUT2D eigenvalue weighted by Crippen LogP contribution is -2.43. The Morgan fingerprint density at radius 2 is 1.96 bits per heavy atom. The highest BCUT2D eigenvalue weighted by molar-refractivity contribution is 14.0. The smallest absolute Gasteiger partial charge is 0.191 e. The maximum atomic E-state index is 5.70. The summed E-state index contributed by atoms with van der Waals surface area (Å²) in [4.78, 5) is 9.50. The van der Waals surface area contributed by atoms with Crippen molar-refractivity contribution >= 4 is 29.9 Å². The van der Waals surface area contributed by atoms with Crippen LogP contribution in [0.15, 0.2) is 27.8 Å². The molecular formula is C21H38IN5O. The number of likely N-dealkylation sites (tertiary alicyclic amines) is 2. The first kappa shape index (κ1) is 23.5. The number of aliphatic imine (C=N–C) groups is 1. The molecule has 0 spiro atoms. The Kier molecular flexibility index (Phi) is 10.6. The Labute approximate surface area is 187 Å². The van der Waals surface area contributed by atoms with Crippen molar-refractivity contribution in [2.45, 2.75) is 45.1 Å². The minimum atomic E-state index is 0. The van der Waals surface area contributed by atoms with Gasteiger partial charge in [-0.05, 0) is 82.9 Å². The summed E-state index contributed by atoms with van der Waals surface area (Å²) in [6.07, 6.45) is 8.18. The standard InChI is InChI=1S/C21H37N5O.HI/c1-18-8-14-25(15-9-18)11-6-10-23-21(22-2)24-17-19(20-7-5-16-27-20)26-12-3-4-13-26;/h5,7,16,18-19H,3-4,6,8-15,17H2,1-2H3,(H2,22,23,24);1H. The Morgan fingerprint density at radius 1 is 1.21 bits per heavy atom. The van der Waals surface area contributed by atoms with Crippen molar-refractivity contribution in [1.82, 2.24) is 20.4 Å². The first-order valence-electron chi connectivity index (χ1n) is 10.7. The van der Waals surface area contributed by atoms with Gasteiger partial charge in [0.1, 0.15) is 5.76 Å². The SMILES string of the molecule is CN=C(NCCCN1CCC(C)CC1)NCC(c1ccco1)N1CCCC1.I. The molecule has 3 heterocycles. The maximum absolute atomic E-state index is 5.70. The van der Waals surface area contributed by atoms with Gasteiger partial charge in [0.15, 0.2) is 5.96 Å². The summed E-state index contributed by atoms with van der Waals surface area (Å²) in [5, 5.41) is 6.97. The lowest BCUT2D eigenvalue weighted by Gasteiger charge is -2.30. The van der Waals surface area contributed by atoms with Crippen molar-refractivity contribution in [3.63, 3.8) is 0 Å². The van der Waals surface area contributed by atoms with Crippen LogP contribution in [0.1, 0.15) is 50.8 Å². The molecule has 6 nitrogen and oxygen atoms in total. The van der Waals surface area contributed by atoms with Crippen LogP contribution in [0.2, 0.25) is 0 Å². The van der Waals surface area contributed by atoms with E-state index >= 15 is 0 Å². The monoisotopic (exact) mass is 503 g/mol. The highest BCUT2D eigenvalue weighted by atomic mass is 127. The summed E-state index contributed by atoms with van der Waals surface area (Å²) in [6.45, 7) is 10.1. The van der Waals surface area contributed by atoms with Gasteiger partial charge in [-0.1, -0.05) is 6.92 Å². The largest absolute Gasteiger partial charge is 0.468 e. The molecule has 1 aromatic rings. The van der Waals surface area contributed by atoms with Gasteiger partial charge in [0.2, 0.25) is 0 Å². The van der Waals surface area contributed by atoms with E-state index in [0.29, 0.717) is 0 Å². The molecular weight excluding hydrogens is 465 g/mol. The lowest BCUT2D eigenvalue weighted by atomic mass is 9.99. The van der Waals surface area contributed by atoms with Crippen LogP contribution in [0.3, 0.4) is 0 Å². The highest BCUT2D eigenvalue weighted by Gasteiger charge is 2.25. The minimum Gasteiger partial charge on any atom is -0.468 e. The summed E-state index contributed by atoms with van der Waals surface area (Å²) in [7, 11) is 1.85. The molecule has 28 heavy (non-hydrogen) atoms. The number of halogens is 1. The Hall–Kier alpha value is -0.800. The molecule has 1 aromatic heterocycles. The Morgan fingerprint density at radius 3 is 2.61 bits per heavy atom. The van der Waals surface area contributed by atoms with Gasteiger partial charge < -0.3 is 20.0 Å². The summed E-state index contributed by atoms with van der Waals surface area (Å²) in [6, 6.07) is 4.34. The van der Waals surface area contributed by atoms with Crippen LogP contribution < -0.4 is 10.6 Å². The summed E-state index contributed by atoms with van der Waals surface area (Å²) < 4.78 is 5.70. The number of hydrogen-bond donors (Lipinski definition) is 2. The molecule has 160 valence electrons. The zero-order valence-corrected chi connectivity index (χ0v) is 19.9. The van der Waals surface area contributed by atoms with E-state index in [1.807, 2.05) is 13.1 Å². The molecule has 0 amide bonds. The van der Waals surface area contributed by atoms with Crippen LogP contribution in [-0.2, 0) is 0 Å². The van der Waals surface area contributed by atoms with Gasteiger partial charge in [-0.25, -0.2) is 0 Å². The number of hydrogen-bond acceptors (Lipinski definition) is 4. The molecule has 0 aromatic carbocycles. The molecule has 2 N–H and O–H groups in total. The van der Waals surface area contributed by atoms with Crippen molar-refractivity contribution in [2.24, 2.45) is 10.9 Å². The number of piperidine rings is 1. The van der Waals surface area contributed by atoms with Gasteiger partial charge in [0.25, 0.3) is 0 Å². The maximum Gasteiger partial charge on any atom is 0.191 e. The van der Waals surface area contributed by atoms with Gasteiger partial charge in [-0.15, -0.1) is 24.0 Å². The zero-order chi connectivity index (χ0) is 18.9. The third kappa shape index (κ3) is 7.22. The van der Waals surface area contributed by atoms with E-state index in [1.54, 1.807) is 6.26 Å². The molecule has 7 heteroatoms. The zero-order valence-electron chi connectivity index (χ0n) is 17.5.